The predicted octanol–water partition coefficient (Wildman–Crippen LogP) is 3.68. The number of hydrogen-bond donors (Lipinski definition) is 2. The molecule has 5 heterocycles. The van der Waals surface area contributed by atoms with E-state index in [1.807, 2.05) is 13.0 Å². The topological polar surface area (TPSA) is 118 Å². The third-order valence-corrected chi connectivity index (χ3v) is 6.38. The van der Waals surface area contributed by atoms with Crippen molar-refractivity contribution in [2.75, 3.05) is 23.8 Å². The van der Waals surface area contributed by atoms with Crippen LogP contribution in [0.4, 0.5) is 26.1 Å². The van der Waals surface area contributed by atoms with Crippen LogP contribution < -0.4 is 10.6 Å². The second-order valence-corrected chi connectivity index (χ2v) is 9.40. The second-order valence-electron chi connectivity index (χ2n) is 9.40. The molecule has 2 fully saturated rings. The lowest BCUT2D eigenvalue weighted by Gasteiger charge is -2.26. The maximum atomic E-state index is 14.1. The average Bonchev–Trinajstić information content (AvgIpc) is 3.47. The predicted molar refractivity (Wildman–Crippen MR) is 132 cm³/mol. The first kappa shape index (κ1) is 25.0. The molecule has 37 heavy (non-hydrogen) atoms. The lowest BCUT2D eigenvalue weighted by Crippen LogP contribution is -2.36. The van der Waals surface area contributed by atoms with Crippen molar-refractivity contribution in [2.24, 2.45) is 0 Å². The van der Waals surface area contributed by atoms with Gasteiger partial charge in [-0.2, -0.15) is 8.78 Å². The summed E-state index contributed by atoms with van der Waals surface area (Å²) in [5, 5.41) is 5.77. The van der Waals surface area contributed by atoms with E-state index >= 15 is 0 Å². The highest BCUT2D eigenvalue weighted by molar-refractivity contribution is 5.89. The fourth-order valence-electron chi connectivity index (χ4n) is 4.60. The zero-order valence-electron chi connectivity index (χ0n) is 20.8. The van der Waals surface area contributed by atoms with Gasteiger partial charge in [0.25, 0.3) is 0 Å². The second kappa shape index (κ2) is 10.0. The van der Waals surface area contributed by atoms with E-state index in [-0.39, 0.29) is 17.8 Å². The summed E-state index contributed by atoms with van der Waals surface area (Å²) >= 11 is 0. The number of fused-ring (bicyclic) bond motifs is 2. The van der Waals surface area contributed by atoms with Crippen molar-refractivity contribution >= 4 is 23.2 Å². The number of nitrogens with zero attached hydrogens (tertiary/aromatic N) is 6. The molecule has 2 aliphatic heterocycles. The number of carbonyl (C=O) groups is 1. The number of rotatable bonds is 8. The van der Waals surface area contributed by atoms with Crippen LogP contribution in [-0.4, -0.2) is 61.0 Å². The van der Waals surface area contributed by atoms with E-state index in [4.69, 9.17) is 4.74 Å². The van der Waals surface area contributed by atoms with Gasteiger partial charge in [-0.15, -0.1) is 0 Å². The van der Waals surface area contributed by atoms with E-state index in [0.717, 1.165) is 32.2 Å². The number of aromatic nitrogens is 5. The minimum Gasteiger partial charge on any atom is -0.375 e. The molecule has 2 saturated heterocycles. The highest BCUT2D eigenvalue weighted by Crippen LogP contribution is 2.33. The molecule has 0 radical (unpaired) electrons. The average molecular weight is 511 g/mol. The Morgan fingerprint density at radius 1 is 1.16 bits per heavy atom. The number of carbonyl (C=O) groups excluding carboxylic acids is 1. The zero-order valence-corrected chi connectivity index (χ0v) is 20.8. The minimum absolute atomic E-state index is 0.201. The number of likely N-dealkylation sites (tertiary alicyclic amines) is 1. The van der Waals surface area contributed by atoms with E-state index in [9.17, 15) is 13.6 Å². The van der Waals surface area contributed by atoms with E-state index in [0.29, 0.717) is 47.5 Å². The molecular formula is C25H28F2N8O2. The Kier molecular flexibility index (Phi) is 6.78. The summed E-state index contributed by atoms with van der Waals surface area (Å²) in [7, 11) is 0. The Hall–Kier alpha value is -3.64. The number of pyridine rings is 1. The van der Waals surface area contributed by atoms with Crippen LogP contribution in [0.25, 0.3) is 11.3 Å². The van der Waals surface area contributed by atoms with Crippen molar-refractivity contribution in [3.8, 4) is 11.3 Å². The molecule has 0 aromatic carbocycles. The summed E-state index contributed by atoms with van der Waals surface area (Å²) in [5.74, 6) is -3.56. The Morgan fingerprint density at radius 3 is 2.68 bits per heavy atom. The number of nitrogens with one attached hydrogen (secondary N) is 2. The number of anilines is 3. The third kappa shape index (κ3) is 5.70. The SMILES string of the molecule is CCc1cc(Nc2cc(NC(C)=O)ncc2-c2cc(CN3C[C@@H]4C[C@H]3CO4)ncn2)nc(C(C)(F)F)n1. The van der Waals surface area contributed by atoms with Crippen LogP contribution in [0.3, 0.4) is 0 Å². The fourth-order valence-corrected chi connectivity index (χ4v) is 4.60. The van der Waals surface area contributed by atoms with Gasteiger partial charge in [0.15, 0.2) is 0 Å². The van der Waals surface area contributed by atoms with Gasteiger partial charge in [0.1, 0.15) is 18.0 Å². The summed E-state index contributed by atoms with van der Waals surface area (Å²) in [6, 6.07) is 5.52. The summed E-state index contributed by atoms with van der Waals surface area (Å²) < 4.78 is 33.8. The molecule has 12 heteroatoms. The molecule has 0 aliphatic carbocycles. The molecule has 0 spiro atoms. The summed E-state index contributed by atoms with van der Waals surface area (Å²) in [5.41, 5.74) is 3.01. The molecule has 1 amide bonds. The molecular weight excluding hydrogens is 482 g/mol. The molecule has 194 valence electrons. The molecule has 5 rings (SSSR count). The van der Waals surface area contributed by atoms with Crippen molar-refractivity contribution < 1.29 is 18.3 Å². The normalized spacial score (nSPS) is 19.3. The quantitative estimate of drug-likeness (QED) is 0.468. The van der Waals surface area contributed by atoms with E-state index in [1.54, 1.807) is 18.3 Å². The van der Waals surface area contributed by atoms with Gasteiger partial charge < -0.3 is 15.4 Å². The van der Waals surface area contributed by atoms with Crippen LogP contribution in [0.2, 0.25) is 0 Å². The molecule has 2 bridgehead atoms. The molecule has 2 aliphatic rings. The van der Waals surface area contributed by atoms with Gasteiger partial charge in [-0.1, -0.05) is 6.92 Å². The number of amides is 1. The molecule has 2 N–H and O–H groups in total. The van der Waals surface area contributed by atoms with Gasteiger partial charge in [0, 0.05) is 62.6 Å². The largest absolute Gasteiger partial charge is 0.375 e. The first-order valence-electron chi connectivity index (χ1n) is 12.2. The molecule has 10 nitrogen and oxygen atoms in total. The molecule has 2 atom stereocenters. The standard InChI is InChI=1S/C25H28F2N8O2/c1-4-15-6-23(34-24(32-15)25(3,26)27)33-21-8-22(31-14(2)36)28-9-19(21)20-5-16(29-13-30-20)10-35-11-18-7-17(35)12-37-18/h5-6,8-9,13,17-18H,4,7,10-12H2,1-3H3,(H2,28,31,32,33,34,36)/t17-,18-/m0/s1. The van der Waals surface area contributed by atoms with Gasteiger partial charge >= 0.3 is 5.92 Å². The van der Waals surface area contributed by atoms with Crippen molar-refractivity contribution in [2.45, 2.75) is 58.2 Å². The van der Waals surface area contributed by atoms with E-state index in [2.05, 4.69) is 40.5 Å². The van der Waals surface area contributed by atoms with Crippen LogP contribution in [0, 0.1) is 0 Å². The zero-order chi connectivity index (χ0) is 26.2. The van der Waals surface area contributed by atoms with Crippen LogP contribution in [0.5, 0.6) is 0 Å². The molecule has 0 unspecified atom stereocenters. The summed E-state index contributed by atoms with van der Waals surface area (Å²) in [4.78, 5) is 35.2. The first-order valence-corrected chi connectivity index (χ1v) is 12.2. The Balaban J connectivity index is 1.49. The van der Waals surface area contributed by atoms with Gasteiger partial charge in [-0.05, 0) is 18.9 Å². The van der Waals surface area contributed by atoms with Crippen LogP contribution in [0.15, 0.2) is 30.7 Å². The lowest BCUT2D eigenvalue weighted by molar-refractivity contribution is -0.114. The van der Waals surface area contributed by atoms with Gasteiger partial charge in [-0.3, -0.25) is 9.69 Å². The Morgan fingerprint density at radius 2 is 2.00 bits per heavy atom. The maximum Gasteiger partial charge on any atom is 0.303 e. The molecule has 3 aromatic heterocycles. The smallest absolute Gasteiger partial charge is 0.303 e. The number of aryl methyl sites for hydroxylation is 1. The van der Waals surface area contributed by atoms with E-state index < -0.39 is 11.7 Å². The van der Waals surface area contributed by atoms with Crippen molar-refractivity contribution in [3.05, 3.63) is 47.9 Å². The number of alkyl halides is 2. The van der Waals surface area contributed by atoms with Gasteiger partial charge in [0.2, 0.25) is 11.7 Å². The van der Waals surface area contributed by atoms with Gasteiger partial charge in [-0.25, -0.2) is 24.9 Å². The van der Waals surface area contributed by atoms with Gasteiger partial charge in [0.05, 0.1) is 29.8 Å². The van der Waals surface area contributed by atoms with Crippen LogP contribution >= 0.6 is 0 Å². The number of ether oxygens (including phenoxy) is 1. The van der Waals surface area contributed by atoms with E-state index in [1.165, 1.54) is 13.3 Å². The Labute approximate surface area is 212 Å². The number of halogens is 2. The first-order chi connectivity index (χ1) is 17.7. The van der Waals surface area contributed by atoms with Crippen LogP contribution in [0.1, 0.15) is 44.4 Å². The number of hydrogen-bond acceptors (Lipinski definition) is 9. The minimum atomic E-state index is -3.20. The lowest BCUT2D eigenvalue weighted by atomic mass is 10.1. The molecule has 0 saturated carbocycles. The maximum absolute atomic E-state index is 14.1. The highest BCUT2D eigenvalue weighted by Gasteiger charge is 2.38. The van der Waals surface area contributed by atoms with Crippen molar-refractivity contribution in [3.63, 3.8) is 0 Å². The Bertz CT molecular complexity index is 1320. The number of morpholine rings is 1. The fraction of sp³-hybridized carbons (Fsp3) is 0.440. The van der Waals surface area contributed by atoms with Crippen molar-refractivity contribution in [1.82, 2.24) is 29.8 Å². The molecule has 3 aromatic rings. The summed E-state index contributed by atoms with van der Waals surface area (Å²) in [6.45, 7) is 6.25. The monoisotopic (exact) mass is 510 g/mol. The van der Waals surface area contributed by atoms with Crippen molar-refractivity contribution in [1.29, 1.82) is 0 Å². The highest BCUT2D eigenvalue weighted by atomic mass is 19.3. The van der Waals surface area contributed by atoms with Crippen LogP contribution in [-0.2, 0) is 28.4 Å². The summed E-state index contributed by atoms with van der Waals surface area (Å²) in [6.07, 6.45) is 4.85. The third-order valence-electron chi connectivity index (χ3n) is 6.38.